The van der Waals surface area contributed by atoms with Gasteiger partial charge in [0.2, 0.25) is 5.91 Å². The second-order valence-corrected chi connectivity index (χ2v) is 7.48. The number of amides is 1. The van der Waals surface area contributed by atoms with Crippen molar-refractivity contribution < 1.29 is 14.1 Å². The van der Waals surface area contributed by atoms with Crippen molar-refractivity contribution in [3.05, 3.63) is 48.5 Å². The van der Waals surface area contributed by atoms with Crippen LogP contribution in [0.3, 0.4) is 0 Å². The fourth-order valence-electron chi connectivity index (χ4n) is 3.69. The van der Waals surface area contributed by atoms with E-state index in [1.54, 1.807) is 7.11 Å². The number of para-hydroxylation sites is 1. The van der Waals surface area contributed by atoms with Gasteiger partial charge in [0.15, 0.2) is 11.6 Å². The van der Waals surface area contributed by atoms with Crippen molar-refractivity contribution in [1.29, 1.82) is 0 Å². The van der Waals surface area contributed by atoms with E-state index in [2.05, 4.69) is 27.3 Å². The third-order valence-electron chi connectivity index (χ3n) is 5.33. The average molecular weight is 406 g/mol. The molecule has 7 nitrogen and oxygen atoms in total. The molecule has 0 aliphatic carbocycles. The average Bonchev–Trinajstić information content (AvgIpc) is 3.24. The summed E-state index contributed by atoms with van der Waals surface area (Å²) in [6.07, 6.45) is 0. The van der Waals surface area contributed by atoms with Crippen LogP contribution in [0.15, 0.2) is 53.1 Å². The van der Waals surface area contributed by atoms with Crippen LogP contribution in [-0.2, 0) is 4.79 Å². The van der Waals surface area contributed by atoms with Crippen LogP contribution in [0, 0.1) is 0 Å². The number of hydrogen-bond acceptors (Lipinski definition) is 6. The molecule has 156 valence electrons. The molecule has 1 aromatic heterocycles. The third-order valence-corrected chi connectivity index (χ3v) is 5.33. The molecule has 1 saturated heterocycles. The zero-order valence-electron chi connectivity index (χ0n) is 17.5. The molecule has 7 heteroatoms. The van der Waals surface area contributed by atoms with Crippen molar-refractivity contribution in [2.45, 2.75) is 6.92 Å². The minimum atomic E-state index is -0.0937. The first-order chi connectivity index (χ1) is 14.5. The highest BCUT2D eigenvalue weighted by molar-refractivity contribution is 5.89. The smallest absolute Gasteiger partial charge is 0.221 e. The molecule has 1 fully saturated rings. The molecular weight excluding hydrogens is 380 g/mol. The van der Waals surface area contributed by atoms with Gasteiger partial charge in [0.25, 0.3) is 0 Å². The quantitative estimate of drug-likeness (QED) is 0.696. The monoisotopic (exact) mass is 406 g/mol. The zero-order chi connectivity index (χ0) is 21.1. The molecule has 2 heterocycles. The fourth-order valence-corrected chi connectivity index (χ4v) is 3.69. The maximum atomic E-state index is 11.2. The van der Waals surface area contributed by atoms with E-state index in [0.29, 0.717) is 5.76 Å². The molecule has 4 rings (SSSR count). The molecule has 0 saturated carbocycles. The Kier molecular flexibility index (Phi) is 5.72. The van der Waals surface area contributed by atoms with Crippen molar-refractivity contribution in [2.24, 2.45) is 0 Å². The summed E-state index contributed by atoms with van der Waals surface area (Å²) in [5, 5.41) is 7.08. The van der Waals surface area contributed by atoms with Gasteiger partial charge in [-0.3, -0.25) is 4.79 Å². The number of benzene rings is 2. The largest absolute Gasteiger partial charge is 0.495 e. The van der Waals surface area contributed by atoms with Crippen LogP contribution in [0.4, 0.5) is 11.5 Å². The molecule has 1 N–H and O–H groups in total. The topological polar surface area (TPSA) is 70.8 Å². The van der Waals surface area contributed by atoms with Crippen LogP contribution in [0.1, 0.15) is 6.92 Å². The number of hydrogen-bond donors (Lipinski definition) is 1. The second kappa shape index (κ2) is 8.59. The summed E-state index contributed by atoms with van der Waals surface area (Å²) in [5.74, 6) is 2.16. The predicted octanol–water partition coefficient (Wildman–Crippen LogP) is 3.73. The first kappa shape index (κ1) is 20.0. The van der Waals surface area contributed by atoms with Crippen LogP contribution in [0.25, 0.3) is 22.5 Å². The Hall–Kier alpha value is -3.32. The summed E-state index contributed by atoms with van der Waals surface area (Å²) in [6, 6.07) is 15.6. The van der Waals surface area contributed by atoms with Crippen LogP contribution in [-0.4, -0.2) is 56.3 Å². The van der Waals surface area contributed by atoms with Crippen LogP contribution in [0.5, 0.6) is 5.75 Å². The van der Waals surface area contributed by atoms with Gasteiger partial charge >= 0.3 is 0 Å². The van der Waals surface area contributed by atoms with Crippen molar-refractivity contribution in [1.82, 2.24) is 10.1 Å². The predicted molar refractivity (Wildman–Crippen MR) is 118 cm³/mol. The molecule has 2 aromatic carbocycles. The SMILES string of the molecule is COc1c(-c2ccc(NC(C)=O)cc2)cccc1-c1cc(N2CCN(C)CC2)no1. The highest BCUT2D eigenvalue weighted by Gasteiger charge is 2.21. The lowest BCUT2D eigenvalue weighted by molar-refractivity contribution is -0.114. The van der Waals surface area contributed by atoms with E-state index in [-0.39, 0.29) is 5.91 Å². The Balaban J connectivity index is 1.63. The number of nitrogens with zero attached hydrogens (tertiary/aromatic N) is 3. The van der Waals surface area contributed by atoms with Gasteiger partial charge < -0.3 is 24.4 Å². The number of aromatic nitrogens is 1. The van der Waals surface area contributed by atoms with Crippen molar-refractivity contribution in [3.63, 3.8) is 0 Å². The van der Waals surface area contributed by atoms with E-state index in [1.165, 1.54) is 6.92 Å². The molecule has 30 heavy (non-hydrogen) atoms. The lowest BCUT2D eigenvalue weighted by Crippen LogP contribution is -2.44. The Bertz CT molecular complexity index is 1020. The Morgan fingerprint density at radius 1 is 1.07 bits per heavy atom. The van der Waals surface area contributed by atoms with Gasteiger partial charge in [-0.15, -0.1) is 0 Å². The minimum absolute atomic E-state index is 0.0937. The zero-order valence-corrected chi connectivity index (χ0v) is 17.5. The number of rotatable bonds is 5. The molecule has 3 aromatic rings. The van der Waals surface area contributed by atoms with Gasteiger partial charge in [-0.1, -0.05) is 29.4 Å². The van der Waals surface area contributed by atoms with Crippen LogP contribution in [0.2, 0.25) is 0 Å². The van der Waals surface area contributed by atoms with Gasteiger partial charge in [-0.05, 0) is 30.8 Å². The molecule has 1 aliphatic rings. The van der Waals surface area contributed by atoms with Crippen molar-refractivity contribution in [2.75, 3.05) is 50.6 Å². The molecule has 0 atom stereocenters. The highest BCUT2D eigenvalue weighted by atomic mass is 16.5. The standard InChI is InChI=1S/C23H26N4O3/c1-16(28)24-18-9-7-17(8-10-18)19-5-4-6-20(23(19)29-3)21-15-22(25-30-21)27-13-11-26(2)12-14-27/h4-10,15H,11-14H2,1-3H3,(H,24,28). The van der Waals surface area contributed by atoms with E-state index in [0.717, 1.165) is 60.1 Å². The van der Waals surface area contributed by atoms with E-state index in [1.807, 2.05) is 48.5 Å². The molecule has 0 bridgehead atoms. The lowest BCUT2D eigenvalue weighted by atomic mass is 10.00. The van der Waals surface area contributed by atoms with Crippen LogP contribution < -0.4 is 15.0 Å². The maximum Gasteiger partial charge on any atom is 0.221 e. The first-order valence-electron chi connectivity index (χ1n) is 10.0. The number of piperazine rings is 1. The van der Waals surface area contributed by atoms with Gasteiger partial charge in [-0.25, -0.2) is 0 Å². The molecule has 0 radical (unpaired) electrons. The van der Waals surface area contributed by atoms with E-state index >= 15 is 0 Å². The number of carbonyl (C=O) groups excluding carboxylic acids is 1. The highest BCUT2D eigenvalue weighted by Crippen LogP contribution is 2.40. The van der Waals surface area contributed by atoms with Crippen LogP contribution >= 0.6 is 0 Å². The first-order valence-corrected chi connectivity index (χ1v) is 10.0. The van der Waals surface area contributed by atoms with Crippen molar-refractivity contribution >= 4 is 17.4 Å². The number of ether oxygens (including phenoxy) is 1. The molecule has 0 spiro atoms. The molecule has 1 amide bonds. The fraction of sp³-hybridized carbons (Fsp3) is 0.304. The summed E-state index contributed by atoms with van der Waals surface area (Å²) in [5.41, 5.74) is 3.55. The number of carbonyl (C=O) groups is 1. The second-order valence-electron chi connectivity index (χ2n) is 7.48. The van der Waals surface area contributed by atoms with E-state index < -0.39 is 0 Å². The Labute approximate surface area is 176 Å². The number of anilines is 2. The number of nitrogens with one attached hydrogen (secondary N) is 1. The van der Waals surface area contributed by atoms with Crippen molar-refractivity contribution in [3.8, 4) is 28.2 Å². The van der Waals surface area contributed by atoms with E-state index in [9.17, 15) is 4.79 Å². The Morgan fingerprint density at radius 3 is 2.43 bits per heavy atom. The van der Waals surface area contributed by atoms with E-state index in [4.69, 9.17) is 9.26 Å². The Morgan fingerprint density at radius 2 is 1.77 bits per heavy atom. The maximum absolute atomic E-state index is 11.2. The summed E-state index contributed by atoms with van der Waals surface area (Å²) in [6.45, 7) is 5.37. The normalized spacial score (nSPS) is 14.6. The summed E-state index contributed by atoms with van der Waals surface area (Å²) < 4.78 is 11.5. The third kappa shape index (κ3) is 4.16. The number of methoxy groups -OCH3 is 1. The molecule has 0 unspecified atom stereocenters. The lowest BCUT2D eigenvalue weighted by Gasteiger charge is -2.31. The minimum Gasteiger partial charge on any atom is -0.495 e. The van der Waals surface area contributed by atoms with Gasteiger partial charge in [0.1, 0.15) is 5.75 Å². The number of likely N-dealkylation sites (N-methyl/N-ethyl adjacent to an activating group) is 1. The van der Waals surface area contributed by atoms with Gasteiger partial charge in [0, 0.05) is 50.4 Å². The summed E-state index contributed by atoms with van der Waals surface area (Å²) in [4.78, 5) is 15.8. The summed E-state index contributed by atoms with van der Waals surface area (Å²) >= 11 is 0. The van der Waals surface area contributed by atoms with Gasteiger partial charge in [-0.2, -0.15) is 0 Å². The molecular formula is C23H26N4O3. The summed E-state index contributed by atoms with van der Waals surface area (Å²) in [7, 11) is 3.79. The van der Waals surface area contributed by atoms with Gasteiger partial charge in [0.05, 0.1) is 12.7 Å². The molecule has 1 aliphatic heterocycles.